The number of likely N-dealkylation sites (N-methyl/N-ethyl adjacent to an activating group) is 1. The van der Waals surface area contributed by atoms with Crippen LogP contribution in [-0.4, -0.2) is 38.0 Å². The van der Waals surface area contributed by atoms with Crippen LogP contribution in [0.3, 0.4) is 0 Å². The zero-order valence-corrected chi connectivity index (χ0v) is 12.6. The number of carbonyl (C=O) groups excluding carboxylic acids is 2. The van der Waals surface area contributed by atoms with Crippen LogP contribution in [-0.2, 0) is 9.59 Å². The van der Waals surface area contributed by atoms with Gasteiger partial charge in [0.25, 0.3) is 0 Å². The minimum atomic E-state index is -0.381. The molecule has 6 nitrogen and oxygen atoms in total. The highest BCUT2D eigenvalue weighted by Crippen LogP contribution is 2.39. The lowest BCUT2D eigenvalue weighted by atomic mass is 10.1. The lowest BCUT2D eigenvalue weighted by molar-refractivity contribution is -0.123. The van der Waals surface area contributed by atoms with Crippen LogP contribution in [0.5, 0.6) is 0 Å². The van der Waals surface area contributed by atoms with Crippen molar-refractivity contribution in [1.82, 2.24) is 10.6 Å². The molecule has 0 saturated carbocycles. The summed E-state index contributed by atoms with van der Waals surface area (Å²) in [5.74, 6) is -0.111. The molecule has 0 aliphatic carbocycles. The van der Waals surface area contributed by atoms with Crippen molar-refractivity contribution in [2.24, 2.45) is 0 Å². The Balaban J connectivity index is 2.00. The molecular weight excluding hydrogens is 292 g/mol. The van der Waals surface area contributed by atoms with Gasteiger partial charge in [-0.2, -0.15) is 0 Å². The highest BCUT2D eigenvalue weighted by atomic mass is 35.5. The molecule has 1 fully saturated rings. The van der Waals surface area contributed by atoms with E-state index in [0.717, 1.165) is 16.9 Å². The number of benzene rings is 1. The van der Waals surface area contributed by atoms with Gasteiger partial charge in [0, 0.05) is 24.3 Å². The average molecular weight is 309 g/mol. The average Bonchev–Trinajstić information content (AvgIpc) is 2.75. The molecule has 3 rings (SSSR count). The number of anilines is 2. The SMILES string of the molecule is CNC1C(=O)Nc2cc(N3CCNC(=O)C3C)c(Cl)cc21. The fourth-order valence-corrected chi connectivity index (χ4v) is 3.17. The highest BCUT2D eigenvalue weighted by Gasteiger charge is 2.33. The molecule has 21 heavy (non-hydrogen) atoms. The van der Waals surface area contributed by atoms with Crippen LogP contribution in [0.2, 0.25) is 5.02 Å². The van der Waals surface area contributed by atoms with Gasteiger partial charge in [0.1, 0.15) is 12.1 Å². The number of halogens is 1. The van der Waals surface area contributed by atoms with Gasteiger partial charge in [-0.25, -0.2) is 0 Å². The first kappa shape index (κ1) is 14.2. The van der Waals surface area contributed by atoms with Crippen molar-refractivity contribution in [2.75, 3.05) is 30.4 Å². The van der Waals surface area contributed by atoms with E-state index < -0.39 is 0 Å². The molecule has 2 atom stereocenters. The van der Waals surface area contributed by atoms with Crippen LogP contribution >= 0.6 is 11.6 Å². The fraction of sp³-hybridized carbons (Fsp3) is 0.429. The van der Waals surface area contributed by atoms with Crippen LogP contribution < -0.4 is 20.9 Å². The normalized spacial score (nSPS) is 24.6. The summed E-state index contributed by atoms with van der Waals surface area (Å²) in [6.07, 6.45) is 0. The Morgan fingerprint density at radius 2 is 2.10 bits per heavy atom. The van der Waals surface area contributed by atoms with E-state index in [0.29, 0.717) is 18.1 Å². The Hall–Kier alpha value is -1.79. The molecule has 0 aromatic heterocycles. The smallest absolute Gasteiger partial charge is 0.246 e. The van der Waals surface area contributed by atoms with Crippen LogP contribution in [0, 0.1) is 0 Å². The first-order chi connectivity index (χ1) is 10.0. The van der Waals surface area contributed by atoms with E-state index in [1.807, 2.05) is 17.9 Å². The largest absolute Gasteiger partial charge is 0.357 e. The molecule has 1 aromatic carbocycles. The van der Waals surface area contributed by atoms with Gasteiger partial charge >= 0.3 is 0 Å². The molecule has 0 radical (unpaired) electrons. The van der Waals surface area contributed by atoms with E-state index in [-0.39, 0.29) is 23.9 Å². The summed E-state index contributed by atoms with van der Waals surface area (Å²) >= 11 is 6.38. The van der Waals surface area contributed by atoms with Gasteiger partial charge in [0.05, 0.1) is 10.7 Å². The summed E-state index contributed by atoms with van der Waals surface area (Å²) < 4.78 is 0. The van der Waals surface area contributed by atoms with E-state index in [1.165, 1.54) is 0 Å². The first-order valence-electron chi connectivity index (χ1n) is 6.89. The molecule has 7 heteroatoms. The van der Waals surface area contributed by atoms with Crippen molar-refractivity contribution in [3.05, 3.63) is 22.7 Å². The topological polar surface area (TPSA) is 73.5 Å². The summed E-state index contributed by atoms with van der Waals surface area (Å²) in [6, 6.07) is 2.98. The quantitative estimate of drug-likeness (QED) is 0.758. The Bertz CT molecular complexity index is 619. The molecule has 2 aliphatic heterocycles. The number of nitrogens with one attached hydrogen (secondary N) is 3. The van der Waals surface area contributed by atoms with Crippen LogP contribution in [0.15, 0.2) is 12.1 Å². The Kier molecular flexibility index (Phi) is 3.51. The van der Waals surface area contributed by atoms with E-state index >= 15 is 0 Å². The molecule has 2 heterocycles. The number of nitrogens with zero attached hydrogens (tertiary/aromatic N) is 1. The molecule has 2 aliphatic rings. The second-order valence-electron chi connectivity index (χ2n) is 5.26. The third kappa shape index (κ3) is 2.24. The minimum absolute atomic E-state index is 0.0186. The van der Waals surface area contributed by atoms with E-state index in [9.17, 15) is 9.59 Å². The zero-order valence-electron chi connectivity index (χ0n) is 11.9. The summed E-state index contributed by atoms with van der Waals surface area (Å²) in [5.41, 5.74) is 2.36. The number of carbonyl (C=O) groups is 2. The van der Waals surface area contributed by atoms with Crippen molar-refractivity contribution in [3.8, 4) is 0 Å². The van der Waals surface area contributed by atoms with Crippen LogP contribution in [0.4, 0.5) is 11.4 Å². The maximum atomic E-state index is 11.9. The number of rotatable bonds is 2. The standard InChI is InChI=1S/C14H17ClN4O2/c1-7-13(20)17-3-4-19(7)11-6-10-8(5-9(11)15)12(16-2)14(21)18-10/h5-7,12,16H,3-4H2,1-2H3,(H,17,20)(H,18,21). The van der Waals surface area contributed by atoms with Gasteiger partial charge < -0.3 is 20.9 Å². The number of piperazine rings is 1. The van der Waals surface area contributed by atoms with Crippen molar-refractivity contribution in [2.45, 2.75) is 19.0 Å². The Morgan fingerprint density at radius 1 is 1.33 bits per heavy atom. The van der Waals surface area contributed by atoms with Crippen molar-refractivity contribution in [3.63, 3.8) is 0 Å². The zero-order chi connectivity index (χ0) is 15.1. The number of fused-ring (bicyclic) bond motifs is 1. The molecular formula is C14H17ClN4O2. The summed E-state index contributed by atoms with van der Waals surface area (Å²) in [4.78, 5) is 25.6. The second kappa shape index (κ2) is 5.20. The van der Waals surface area contributed by atoms with E-state index in [2.05, 4.69) is 16.0 Å². The van der Waals surface area contributed by atoms with Gasteiger partial charge in [-0.1, -0.05) is 11.6 Å². The monoisotopic (exact) mass is 308 g/mol. The number of hydrogen-bond donors (Lipinski definition) is 3. The maximum Gasteiger partial charge on any atom is 0.246 e. The van der Waals surface area contributed by atoms with Crippen LogP contribution in [0.1, 0.15) is 18.5 Å². The Labute approximate surface area is 127 Å². The predicted molar refractivity (Wildman–Crippen MR) is 81.7 cm³/mol. The fourth-order valence-electron chi connectivity index (χ4n) is 2.89. The molecule has 3 N–H and O–H groups in total. The molecule has 1 saturated heterocycles. The third-order valence-electron chi connectivity index (χ3n) is 4.05. The van der Waals surface area contributed by atoms with E-state index in [4.69, 9.17) is 11.6 Å². The van der Waals surface area contributed by atoms with Gasteiger partial charge in [0.2, 0.25) is 11.8 Å². The van der Waals surface area contributed by atoms with Crippen LogP contribution in [0.25, 0.3) is 0 Å². The molecule has 2 amide bonds. The van der Waals surface area contributed by atoms with E-state index in [1.54, 1.807) is 13.1 Å². The highest BCUT2D eigenvalue weighted by molar-refractivity contribution is 6.33. The second-order valence-corrected chi connectivity index (χ2v) is 5.67. The molecule has 1 aromatic rings. The lowest BCUT2D eigenvalue weighted by Crippen LogP contribution is -2.54. The molecule has 0 spiro atoms. The summed E-state index contributed by atoms with van der Waals surface area (Å²) in [5, 5.41) is 9.18. The Morgan fingerprint density at radius 3 is 2.81 bits per heavy atom. The van der Waals surface area contributed by atoms with Gasteiger partial charge in [-0.3, -0.25) is 9.59 Å². The third-order valence-corrected chi connectivity index (χ3v) is 4.35. The summed E-state index contributed by atoms with van der Waals surface area (Å²) in [6.45, 7) is 3.12. The van der Waals surface area contributed by atoms with Gasteiger partial charge in [-0.05, 0) is 26.1 Å². The molecule has 0 bridgehead atoms. The number of hydrogen-bond acceptors (Lipinski definition) is 4. The molecule has 112 valence electrons. The number of amides is 2. The summed E-state index contributed by atoms with van der Waals surface area (Å²) in [7, 11) is 1.73. The first-order valence-corrected chi connectivity index (χ1v) is 7.26. The van der Waals surface area contributed by atoms with Gasteiger partial charge in [-0.15, -0.1) is 0 Å². The van der Waals surface area contributed by atoms with Crippen molar-refractivity contribution in [1.29, 1.82) is 0 Å². The lowest BCUT2D eigenvalue weighted by Gasteiger charge is -2.35. The maximum absolute atomic E-state index is 11.9. The predicted octanol–water partition coefficient (Wildman–Crippen LogP) is 0.877. The van der Waals surface area contributed by atoms with Crippen molar-refractivity contribution < 1.29 is 9.59 Å². The van der Waals surface area contributed by atoms with Crippen molar-refractivity contribution >= 4 is 34.8 Å². The van der Waals surface area contributed by atoms with Gasteiger partial charge in [0.15, 0.2) is 0 Å². The molecule has 2 unspecified atom stereocenters. The minimum Gasteiger partial charge on any atom is -0.357 e.